The third kappa shape index (κ3) is 4.24. The summed E-state index contributed by atoms with van der Waals surface area (Å²) in [4.78, 5) is 32.6. The molecule has 1 unspecified atom stereocenters. The van der Waals surface area contributed by atoms with E-state index in [1.165, 1.54) is 24.4 Å². The van der Waals surface area contributed by atoms with Crippen molar-refractivity contribution in [2.45, 2.75) is 33.2 Å². The van der Waals surface area contributed by atoms with Gasteiger partial charge in [0.1, 0.15) is 17.0 Å². The average Bonchev–Trinajstić information content (AvgIpc) is 2.81. The molecule has 9 heteroatoms. The maximum absolute atomic E-state index is 13.2. The topological polar surface area (TPSA) is 105 Å². The van der Waals surface area contributed by atoms with Crippen LogP contribution in [0.4, 0.5) is 14.5 Å². The molecule has 0 bridgehead atoms. The molecule has 0 aliphatic rings. The number of halogens is 2. The molecular weight excluding hydrogens is 444 g/mol. The molecule has 4 rings (SSSR count). The second-order valence-electron chi connectivity index (χ2n) is 7.94. The number of fused-ring (bicyclic) bond motifs is 1. The highest BCUT2D eigenvalue weighted by molar-refractivity contribution is 5.92. The lowest BCUT2D eigenvalue weighted by atomic mass is 9.99. The molecule has 0 saturated heterocycles. The Bertz CT molecular complexity index is 1470. The number of aromatic nitrogens is 2. The molecule has 0 aliphatic carbocycles. The summed E-state index contributed by atoms with van der Waals surface area (Å²) in [5.41, 5.74) is 1.49. The fourth-order valence-corrected chi connectivity index (χ4v) is 3.84. The molecular formula is C25H21F2N3O4. The van der Waals surface area contributed by atoms with Crippen molar-refractivity contribution in [3.8, 4) is 11.5 Å². The molecule has 34 heavy (non-hydrogen) atoms. The van der Waals surface area contributed by atoms with Gasteiger partial charge < -0.3 is 14.8 Å². The van der Waals surface area contributed by atoms with Gasteiger partial charge in [-0.1, -0.05) is 12.1 Å². The molecule has 3 heterocycles. The molecule has 0 saturated carbocycles. The van der Waals surface area contributed by atoms with Crippen molar-refractivity contribution >= 4 is 22.6 Å². The number of carboxylic acid groups (broad SMARTS) is 1. The number of aryl methyl sites for hydroxylation is 1. The Hall–Kier alpha value is -4.14. The summed E-state index contributed by atoms with van der Waals surface area (Å²) in [6.45, 7) is 5.19. The summed E-state index contributed by atoms with van der Waals surface area (Å²) >= 11 is 0. The van der Waals surface area contributed by atoms with E-state index in [1.54, 1.807) is 32.0 Å². The monoisotopic (exact) mass is 465 g/mol. The van der Waals surface area contributed by atoms with Crippen LogP contribution in [0.15, 0.2) is 57.9 Å². The van der Waals surface area contributed by atoms with Gasteiger partial charge in [-0.2, -0.15) is 0 Å². The fraction of sp³-hybridized carbons (Fsp3) is 0.200. The van der Waals surface area contributed by atoms with Gasteiger partial charge in [0, 0.05) is 17.3 Å². The molecule has 174 valence electrons. The van der Waals surface area contributed by atoms with Gasteiger partial charge in [-0.25, -0.2) is 23.5 Å². The van der Waals surface area contributed by atoms with Crippen LogP contribution < -0.4 is 10.7 Å². The summed E-state index contributed by atoms with van der Waals surface area (Å²) < 4.78 is 32.5. The van der Waals surface area contributed by atoms with Crippen LogP contribution in [-0.2, 0) is 0 Å². The van der Waals surface area contributed by atoms with Gasteiger partial charge in [-0.3, -0.25) is 4.79 Å². The first-order valence-corrected chi connectivity index (χ1v) is 10.5. The van der Waals surface area contributed by atoms with E-state index in [1.807, 2.05) is 13.0 Å². The van der Waals surface area contributed by atoms with Gasteiger partial charge in [-0.15, -0.1) is 0 Å². The molecule has 7 nitrogen and oxygen atoms in total. The quantitative estimate of drug-likeness (QED) is 0.378. The molecule has 0 amide bonds. The molecule has 0 radical (unpaired) electrons. The summed E-state index contributed by atoms with van der Waals surface area (Å²) in [5.74, 6) is -1.08. The van der Waals surface area contributed by atoms with E-state index in [4.69, 9.17) is 4.42 Å². The second kappa shape index (κ2) is 9.01. The van der Waals surface area contributed by atoms with Crippen molar-refractivity contribution in [2.75, 3.05) is 5.32 Å². The number of hydrogen-bond acceptors (Lipinski definition) is 6. The lowest BCUT2D eigenvalue weighted by Gasteiger charge is -2.19. The highest BCUT2D eigenvalue weighted by Gasteiger charge is 2.21. The standard InChI is InChI=1S/C25H21F2N3O4/c1-12-10-15(14(3)29-17-8-5-9-28-20(17)25(32)33)23-16(11-12)21(31)13(2)22(34-23)18-6-4-7-19(30-18)24(26)27/h4-11,14,24,29H,1-3H3,(H,32,33). The second-order valence-corrected chi connectivity index (χ2v) is 7.94. The first-order chi connectivity index (χ1) is 16.2. The van der Waals surface area contributed by atoms with Crippen LogP contribution in [0.25, 0.3) is 22.4 Å². The first-order valence-electron chi connectivity index (χ1n) is 10.5. The Morgan fingerprint density at radius 3 is 2.62 bits per heavy atom. The van der Waals surface area contributed by atoms with Crippen molar-refractivity contribution in [1.29, 1.82) is 0 Å². The summed E-state index contributed by atoms with van der Waals surface area (Å²) in [7, 11) is 0. The SMILES string of the molecule is Cc1cc(C(C)Nc2cccnc2C(=O)O)c2oc(-c3cccc(C(F)F)n3)c(C)c(=O)c2c1. The van der Waals surface area contributed by atoms with Crippen molar-refractivity contribution in [3.05, 3.63) is 87.0 Å². The Kier molecular flexibility index (Phi) is 6.10. The van der Waals surface area contributed by atoms with Crippen LogP contribution >= 0.6 is 0 Å². The summed E-state index contributed by atoms with van der Waals surface area (Å²) in [6.07, 6.45) is -1.38. The van der Waals surface area contributed by atoms with Crippen LogP contribution in [0.5, 0.6) is 0 Å². The molecule has 3 aromatic heterocycles. The largest absolute Gasteiger partial charge is 0.476 e. The van der Waals surface area contributed by atoms with Gasteiger partial charge in [0.2, 0.25) is 0 Å². The molecule has 0 spiro atoms. The zero-order valence-electron chi connectivity index (χ0n) is 18.6. The number of anilines is 1. The van der Waals surface area contributed by atoms with Gasteiger partial charge in [0.05, 0.1) is 17.1 Å². The zero-order chi connectivity index (χ0) is 24.6. The lowest BCUT2D eigenvalue weighted by molar-refractivity contribution is 0.0691. The number of benzene rings is 1. The highest BCUT2D eigenvalue weighted by atomic mass is 19.3. The van der Waals surface area contributed by atoms with Crippen LogP contribution in [0.1, 0.15) is 52.3 Å². The van der Waals surface area contributed by atoms with Crippen LogP contribution in [0, 0.1) is 13.8 Å². The van der Waals surface area contributed by atoms with Gasteiger partial charge >= 0.3 is 5.97 Å². The average molecular weight is 465 g/mol. The van der Waals surface area contributed by atoms with Crippen LogP contribution in [-0.4, -0.2) is 21.0 Å². The number of nitrogens with one attached hydrogen (secondary N) is 1. The van der Waals surface area contributed by atoms with Crippen LogP contribution in [0.3, 0.4) is 0 Å². The maximum atomic E-state index is 13.2. The Morgan fingerprint density at radius 1 is 1.15 bits per heavy atom. The number of nitrogens with zero attached hydrogens (tertiary/aromatic N) is 2. The fourth-order valence-electron chi connectivity index (χ4n) is 3.84. The predicted molar refractivity (Wildman–Crippen MR) is 123 cm³/mol. The van der Waals surface area contributed by atoms with E-state index in [2.05, 4.69) is 15.3 Å². The molecule has 1 aromatic carbocycles. The number of carboxylic acids is 1. The minimum Gasteiger partial charge on any atom is -0.476 e. The van der Waals surface area contributed by atoms with E-state index < -0.39 is 24.1 Å². The van der Waals surface area contributed by atoms with E-state index >= 15 is 0 Å². The van der Waals surface area contributed by atoms with E-state index in [0.717, 1.165) is 5.56 Å². The minimum absolute atomic E-state index is 0.102. The molecule has 0 aliphatic heterocycles. The molecule has 2 N–H and O–H groups in total. The smallest absolute Gasteiger partial charge is 0.356 e. The van der Waals surface area contributed by atoms with Gasteiger partial charge in [0.15, 0.2) is 16.9 Å². The number of pyridine rings is 2. The first kappa shape index (κ1) is 23.0. The lowest BCUT2D eigenvalue weighted by Crippen LogP contribution is -2.14. The van der Waals surface area contributed by atoms with E-state index in [-0.39, 0.29) is 33.7 Å². The van der Waals surface area contributed by atoms with Crippen molar-refractivity contribution in [2.24, 2.45) is 0 Å². The molecule has 0 fully saturated rings. The third-order valence-corrected chi connectivity index (χ3v) is 5.47. The maximum Gasteiger partial charge on any atom is 0.356 e. The molecule has 1 atom stereocenters. The number of alkyl halides is 2. The zero-order valence-corrected chi connectivity index (χ0v) is 18.6. The van der Waals surface area contributed by atoms with Crippen molar-refractivity contribution in [1.82, 2.24) is 9.97 Å². The van der Waals surface area contributed by atoms with Crippen molar-refractivity contribution < 1.29 is 23.1 Å². The third-order valence-electron chi connectivity index (χ3n) is 5.47. The Morgan fingerprint density at radius 2 is 1.91 bits per heavy atom. The normalized spacial score (nSPS) is 12.2. The predicted octanol–water partition coefficient (Wildman–Crippen LogP) is 5.68. The number of carbonyl (C=O) groups is 1. The highest BCUT2D eigenvalue weighted by Crippen LogP contribution is 2.32. The van der Waals surface area contributed by atoms with Gasteiger partial charge in [0.25, 0.3) is 6.43 Å². The summed E-state index contributed by atoms with van der Waals surface area (Å²) in [5, 5.41) is 12.9. The molecule has 4 aromatic rings. The van der Waals surface area contributed by atoms with Crippen molar-refractivity contribution in [3.63, 3.8) is 0 Å². The number of rotatable bonds is 6. The Balaban J connectivity index is 1.89. The van der Waals surface area contributed by atoms with Gasteiger partial charge in [-0.05, 0) is 56.7 Å². The number of aromatic carboxylic acids is 1. The minimum atomic E-state index is -2.77. The van der Waals surface area contributed by atoms with E-state index in [0.29, 0.717) is 16.6 Å². The van der Waals surface area contributed by atoms with Crippen LogP contribution in [0.2, 0.25) is 0 Å². The summed E-state index contributed by atoms with van der Waals surface area (Å²) in [6, 6.07) is 10.4. The Labute approximate surface area is 193 Å². The number of hydrogen-bond donors (Lipinski definition) is 2. The van der Waals surface area contributed by atoms with E-state index in [9.17, 15) is 23.5 Å².